The molecule has 7 heteroatoms. The number of esters is 2. The third-order valence-corrected chi connectivity index (χ3v) is 3.44. The number of allylic oxidation sites excluding steroid dienone is 1. The van der Waals surface area contributed by atoms with Gasteiger partial charge >= 0.3 is 18.0 Å². The summed E-state index contributed by atoms with van der Waals surface area (Å²) in [6, 6.07) is 8.42. The van der Waals surface area contributed by atoms with Crippen LogP contribution in [0.1, 0.15) is 25.3 Å². The monoisotopic (exact) mass is 333 g/mol. The topological polar surface area (TPSA) is 82.1 Å². The van der Waals surface area contributed by atoms with E-state index in [1.165, 1.54) is 20.2 Å². The van der Waals surface area contributed by atoms with Crippen LogP contribution < -0.4 is 0 Å². The minimum absolute atomic E-state index is 0.117. The molecule has 1 heterocycles. The molecule has 0 radical (unpaired) electrons. The van der Waals surface area contributed by atoms with Crippen molar-refractivity contribution in [3.05, 3.63) is 47.9 Å². The molecule has 0 aromatic heterocycles. The average molecular weight is 333 g/mol. The van der Waals surface area contributed by atoms with Crippen molar-refractivity contribution in [2.45, 2.75) is 32.4 Å². The van der Waals surface area contributed by atoms with Gasteiger partial charge in [0.2, 0.25) is 0 Å². The van der Waals surface area contributed by atoms with Gasteiger partial charge in [-0.25, -0.2) is 9.59 Å². The van der Waals surface area contributed by atoms with Gasteiger partial charge in [-0.15, -0.1) is 0 Å². The van der Waals surface area contributed by atoms with Gasteiger partial charge in [-0.05, 0) is 12.0 Å². The van der Waals surface area contributed by atoms with Crippen molar-refractivity contribution < 1.29 is 28.6 Å². The number of hydrogen-bond acceptors (Lipinski definition) is 6. The molecule has 7 nitrogen and oxygen atoms in total. The fourth-order valence-electron chi connectivity index (χ4n) is 2.33. The lowest BCUT2D eigenvalue weighted by Gasteiger charge is -2.30. The quantitative estimate of drug-likeness (QED) is 0.621. The van der Waals surface area contributed by atoms with Crippen molar-refractivity contribution in [1.29, 1.82) is 0 Å². The fraction of sp³-hybridized carbons (Fsp3) is 0.353. The van der Waals surface area contributed by atoms with E-state index in [9.17, 15) is 14.4 Å². The maximum atomic E-state index is 12.3. The molecule has 1 amide bonds. The largest absolute Gasteiger partial charge is 0.459 e. The number of benzene rings is 1. The van der Waals surface area contributed by atoms with Gasteiger partial charge in [-0.2, -0.15) is 0 Å². The van der Waals surface area contributed by atoms with Crippen LogP contribution >= 0.6 is 0 Å². The lowest BCUT2D eigenvalue weighted by molar-refractivity contribution is -0.150. The summed E-state index contributed by atoms with van der Waals surface area (Å²) in [4.78, 5) is 36.4. The third-order valence-electron chi connectivity index (χ3n) is 3.44. The van der Waals surface area contributed by atoms with E-state index in [0.29, 0.717) is 12.2 Å². The van der Waals surface area contributed by atoms with Crippen LogP contribution in [0.4, 0.5) is 4.79 Å². The number of methoxy groups -OCH3 is 1. The molecule has 1 aromatic carbocycles. The van der Waals surface area contributed by atoms with Crippen molar-refractivity contribution in [1.82, 2.24) is 4.90 Å². The summed E-state index contributed by atoms with van der Waals surface area (Å²) in [6.07, 6.45) is 1.21. The highest BCUT2D eigenvalue weighted by Gasteiger charge is 2.34. The van der Waals surface area contributed by atoms with Gasteiger partial charge in [0.15, 0.2) is 0 Å². The molecular weight excluding hydrogens is 314 g/mol. The van der Waals surface area contributed by atoms with Gasteiger partial charge < -0.3 is 14.2 Å². The van der Waals surface area contributed by atoms with Crippen LogP contribution in [0.25, 0.3) is 0 Å². The van der Waals surface area contributed by atoms with E-state index in [4.69, 9.17) is 9.47 Å². The second kappa shape index (κ2) is 8.14. The molecule has 0 saturated carbocycles. The Balaban J connectivity index is 2.06. The Morgan fingerprint density at radius 1 is 1.21 bits per heavy atom. The minimum atomic E-state index is -0.819. The summed E-state index contributed by atoms with van der Waals surface area (Å²) in [5.74, 6) is -0.724. The highest BCUT2D eigenvalue weighted by Crippen LogP contribution is 2.23. The van der Waals surface area contributed by atoms with Gasteiger partial charge in [0.25, 0.3) is 0 Å². The van der Waals surface area contributed by atoms with Crippen LogP contribution in [0.5, 0.6) is 0 Å². The molecule has 1 aliphatic rings. The first kappa shape index (κ1) is 17.5. The molecule has 2 rings (SSSR count). The Labute approximate surface area is 139 Å². The van der Waals surface area contributed by atoms with Gasteiger partial charge in [0, 0.05) is 19.5 Å². The van der Waals surface area contributed by atoms with Gasteiger partial charge in [-0.1, -0.05) is 30.3 Å². The van der Waals surface area contributed by atoms with Crippen LogP contribution in [-0.2, 0) is 30.4 Å². The maximum Gasteiger partial charge on any atom is 0.414 e. The molecular formula is C17H19NO6. The Hall–Kier alpha value is -2.83. The lowest BCUT2D eigenvalue weighted by Crippen LogP contribution is -2.44. The summed E-state index contributed by atoms with van der Waals surface area (Å²) in [5, 5.41) is 0. The van der Waals surface area contributed by atoms with E-state index < -0.39 is 24.1 Å². The van der Waals surface area contributed by atoms with Crippen LogP contribution in [0, 0.1) is 0 Å². The van der Waals surface area contributed by atoms with E-state index in [2.05, 4.69) is 4.74 Å². The first-order valence-corrected chi connectivity index (χ1v) is 7.47. The van der Waals surface area contributed by atoms with Crippen molar-refractivity contribution >= 4 is 18.0 Å². The zero-order chi connectivity index (χ0) is 17.5. The first-order chi connectivity index (χ1) is 11.5. The Kier molecular flexibility index (Phi) is 5.95. The van der Waals surface area contributed by atoms with Crippen molar-refractivity contribution in [2.75, 3.05) is 7.11 Å². The Morgan fingerprint density at radius 2 is 1.92 bits per heavy atom. The predicted molar refractivity (Wildman–Crippen MR) is 83.4 cm³/mol. The van der Waals surface area contributed by atoms with E-state index in [1.807, 2.05) is 30.3 Å². The number of carbonyl (C=O) groups excluding carboxylic acids is 3. The number of rotatable bonds is 4. The molecule has 0 spiro atoms. The van der Waals surface area contributed by atoms with Crippen molar-refractivity contribution in [2.24, 2.45) is 0 Å². The molecule has 1 aliphatic heterocycles. The molecule has 0 N–H and O–H groups in total. The van der Waals surface area contributed by atoms with Crippen LogP contribution in [0.15, 0.2) is 42.3 Å². The lowest BCUT2D eigenvalue weighted by atomic mass is 10.1. The number of carbonyl (C=O) groups is 3. The molecule has 0 unspecified atom stereocenters. The summed E-state index contributed by atoms with van der Waals surface area (Å²) in [6.45, 7) is 1.38. The number of nitrogens with zero attached hydrogens (tertiary/aromatic N) is 1. The molecule has 0 bridgehead atoms. The highest BCUT2D eigenvalue weighted by molar-refractivity contribution is 5.82. The third kappa shape index (κ3) is 4.58. The maximum absolute atomic E-state index is 12.3. The van der Waals surface area contributed by atoms with E-state index in [-0.39, 0.29) is 13.0 Å². The molecule has 24 heavy (non-hydrogen) atoms. The van der Waals surface area contributed by atoms with E-state index >= 15 is 0 Å². The minimum Gasteiger partial charge on any atom is -0.459 e. The van der Waals surface area contributed by atoms with Gasteiger partial charge in [0.1, 0.15) is 18.4 Å². The zero-order valence-electron chi connectivity index (χ0n) is 13.6. The molecule has 0 aliphatic carbocycles. The van der Waals surface area contributed by atoms with E-state index in [0.717, 1.165) is 10.5 Å². The Morgan fingerprint density at radius 3 is 2.54 bits per heavy atom. The predicted octanol–water partition coefficient (Wildman–Crippen LogP) is 2.37. The molecule has 128 valence electrons. The standard InChI is InChI=1S/C17H19NO6/c1-12(19)24-14-8-9-15(18(10-14)17(21)22-2)16(20)23-11-13-6-4-3-5-7-13/h3-7,10,15H,8-9,11H2,1-2H3/t15-/m0/s1. The fourth-order valence-corrected chi connectivity index (χ4v) is 2.33. The number of hydrogen-bond donors (Lipinski definition) is 0. The summed E-state index contributed by atoms with van der Waals surface area (Å²) < 4.78 is 15.0. The molecule has 0 fully saturated rings. The van der Waals surface area contributed by atoms with Crippen LogP contribution in [-0.4, -0.2) is 36.1 Å². The van der Waals surface area contributed by atoms with Gasteiger partial charge in [-0.3, -0.25) is 9.69 Å². The highest BCUT2D eigenvalue weighted by atomic mass is 16.6. The molecule has 0 saturated heterocycles. The SMILES string of the molecule is COC(=O)N1C=C(OC(C)=O)CC[C@H]1C(=O)OCc1ccccc1. The number of amides is 1. The molecule has 1 aromatic rings. The van der Waals surface area contributed by atoms with Gasteiger partial charge in [0.05, 0.1) is 7.11 Å². The van der Waals surface area contributed by atoms with Crippen molar-refractivity contribution in [3.8, 4) is 0 Å². The van der Waals surface area contributed by atoms with Crippen molar-refractivity contribution in [3.63, 3.8) is 0 Å². The summed E-state index contributed by atoms with van der Waals surface area (Å²) >= 11 is 0. The second-order valence-corrected chi connectivity index (χ2v) is 5.21. The first-order valence-electron chi connectivity index (χ1n) is 7.47. The summed E-state index contributed by atoms with van der Waals surface area (Å²) in [5.41, 5.74) is 0.849. The van der Waals surface area contributed by atoms with Crippen LogP contribution in [0.3, 0.4) is 0 Å². The normalized spacial score (nSPS) is 16.8. The smallest absolute Gasteiger partial charge is 0.414 e. The summed E-state index contributed by atoms with van der Waals surface area (Å²) in [7, 11) is 1.21. The Bertz CT molecular complexity index is 640. The number of ether oxygens (including phenoxy) is 3. The average Bonchev–Trinajstić information content (AvgIpc) is 2.59. The second-order valence-electron chi connectivity index (χ2n) is 5.21. The molecule has 1 atom stereocenters. The van der Waals surface area contributed by atoms with Crippen LogP contribution in [0.2, 0.25) is 0 Å². The van der Waals surface area contributed by atoms with E-state index in [1.54, 1.807) is 0 Å². The zero-order valence-corrected chi connectivity index (χ0v) is 13.6.